The van der Waals surface area contributed by atoms with Crippen LogP contribution in [0.4, 0.5) is 5.69 Å². The highest BCUT2D eigenvalue weighted by atomic mass is 79.9. The number of rotatable bonds is 3. The van der Waals surface area contributed by atoms with Crippen LogP contribution in [0.25, 0.3) is 0 Å². The normalized spacial score (nSPS) is 9.93. The van der Waals surface area contributed by atoms with Gasteiger partial charge in [-0.05, 0) is 18.2 Å². The molecule has 1 aromatic heterocycles. The fraction of sp³-hybridized carbons (Fsp3) is 0.0909. The Kier molecular flexibility index (Phi) is 3.29. The van der Waals surface area contributed by atoms with Gasteiger partial charge in [-0.25, -0.2) is 0 Å². The van der Waals surface area contributed by atoms with E-state index in [1.165, 1.54) is 0 Å². The van der Waals surface area contributed by atoms with Crippen molar-refractivity contribution in [3.63, 3.8) is 0 Å². The quantitative estimate of drug-likeness (QED) is 0.926. The summed E-state index contributed by atoms with van der Waals surface area (Å²) in [4.78, 5) is 8.18. The predicted octanol–water partition coefficient (Wildman–Crippen LogP) is 2.85. The lowest BCUT2D eigenvalue weighted by Crippen LogP contribution is -2.01. The Hall–Kier alpha value is -1.42. The van der Waals surface area contributed by atoms with E-state index in [9.17, 15) is 0 Å². The van der Waals surface area contributed by atoms with Crippen molar-refractivity contribution in [2.45, 2.75) is 6.54 Å². The summed E-state index contributed by atoms with van der Waals surface area (Å²) in [5.74, 6) is 0. The molecule has 2 aromatic rings. The lowest BCUT2D eigenvalue weighted by Gasteiger charge is -2.05. The van der Waals surface area contributed by atoms with Crippen LogP contribution in [0.1, 0.15) is 5.69 Å². The molecule has 2 rings (SSSR count). The van der Waals surface area contributed by atoms with Gasteiger partial charge in [-0.3, -0.25) is 9.97 Å². The maximum absolute atomic E-state index is 4.18. The number of benzene rings is 1. The number of nitrogens with zero attached hydrogens (tertiary/aromatic N) is 2. The first-order valence-corrected chi connectivity index (χ1v) is 5.38. The second-order valence-corrected chi connectivity index (χ2v) is 3.98. The first kappa shape index (κ1) is 10.1. The highest BCUT2D eigenvalue weighted by Crippen LogP contribution is 2.15. The maximum Gasteiger partial charge on any atom is 0.0777 e. The topological polar surface area (TPSA) is 37.8 Å². The van der Waals surface area contributed by atoms with Crippen LogP contribution in [0.3, 0.4) is 0 Å². The molecule has 0 amide bonds. The van der Waals surface area contributed by atoms with E-state index in [1.807, 2.05) is 24.3 Å². The van der Waals surface area contributed by atoms with Crippen LogP contribution in [0.15, 0.2) is 47.3 Å². The van der Waals surface area contributed by atoms with Crippen LogP contribution in [0.2, 0.25) is 0 Å². The molecule has 1 heterocycles. The highest BCUT2D eigenvalue weighted by molar-refractivity contribution is 9.10. The molecule has 0 aliphatic rings. The number of aromatic nitrogens is 2. The van der Waals surface area contributed by atoms with Gasteiger partial charge >= 0.3 is 0 Å². The summed E-state index contributed by atoms with van der Waals surface area (Å²) in [6, 6.07) is 8.02. The minimum absolute atomic E-state index is 0.685. The van der Waals surface area contributed by atoms with Gasteiger partial charge in [0, 0.05) is 22.6 Å². The minimum Gasteiger partial charge on any atom is -0.379 e. The summed E-state index contributed by atoms with van der Waals surface area (Å²) in [6.45, 7) is 0.685. The Morgan fingerprint density at radius 2 is 2.20 bits per heavy atom. The molecule has 15 heavy (non-hydrogen) atoms. The summed E-state index contributed by atoms with van der Waals surface area (Å²) in [5.41, 5.74) is 1.99. The van der Waals surface area contributed by atoms with E-state index in [0.29, 0.717) is 6.54 Å². The van der Waals surface area contributed by atoms with Crippen molar-refractivity contribution in [2.75, 3.05) is 5.32 Å². The second kappa shape index (κ2) is 4.89. The molecule has 0 unspecified atom stereocenters. The molecular formula is C11H10BrN3. The van der Waals surface area contributed by atoms with Crippen molar-refractivity contribution in [1.29, 1.82) is 0 Å². The number of halogens is 1. The Labute approximate surface area is 96.7 Å². The maximum atomic E-state index is 4.18. The third-order valence-corrected chi connectivity index (χ3v) is 2.41. The van der Waals surface area contributed by atoms with Crippen molar-refractivity contribution in [1.82, 2.24) is 9.97 Å². The van der Waals surface area contributed by atoms with Crippen molar-refractivity contribution < 1.29 is 0 Å². The zero-order chi connectivity index (χ0) is 10.5. The zero-order valence-electron chi connectivity index (χ0n) is 8.02. The van der Waals surface area contributed by atoms with E-state index in [-0.39, 0.29) is 0 Å². The van der Waals surface area contributed by atoms with Crippen molar-refractivity contribution in [3.05, 3.63) is 53.0 Å². The van der Waals surface area contributed by atoms with E-state index in [2.05, 4.69) is 31.2 Å². The third-order valence-electron chi connectivity index (χ3n) is 1.91. The Morgan fingerprint density at radius 3 is 2.93 bits per heavy atom. The molecule has 1 aromatic carbocycles. The summed E-state index contributed by atoms with van der Waals surface area (Å²) >= 11 is 3.42. The third kappa shape index (κ3) is 3.02. The van der Waals surface area contributed by atoms with Gasteiger partial charge in [0.25, 0.3) is 0 Å². The monoisotopic (exact) mass is 263 g/mol. The smallest absolute Gasteiger partial charge is 0.0777 e. The molecule has 0 radical (unpaired) electrons. The van der Waals surface area contributed by atoms with Crippen LogP contribution >= 0.6 is 15.9 Å². The van der Waals surface area contributed by atoms with Crippen molar-refractivity contribution in [2.24, 2.45) is 0 Å². The molecule has 0 fully saturated rings. The molecule has 0 saturated heterocycles. The highest BCUT2D eigenvalue weighted by Gasteiger charge is 1.95. The SMILES string of the molecule is Brc1cccc(NCc2cnccn2)c1. The molecule has 0 atom stereocenters. The van der Waals surface area contributed by atoms with E-state index in [1.54, 1.807) is 18.6 Å². The van der Waals surface area contributed by atoms with Gasteiger partial charge in [0.2, 0.25) is 0 Å². The van der Waals surface area contributed by atoms with Crippen molar-refractivity contribution >= 4 is 21.6 Å². The lowest BCUT2D eigenvalue weighted by molar-refractivity contribution is 1.01. The predicted molar refractivity (Wildman–Crippen MR) is 63.5 cm³/mol. The summed E-state index contributed by atoms with van der Waals surface area (Å²) in [5, 5.41) is 3.27. The largest absolute Gasteiger partial charge is 0.379 e. The van der Waals surface area contributed by atoms with E-state index >= 15 is 0 Å². The minimum atomic E-state index is 0.685. The van der Waals surface area contributed by atoms with Gasteiger partial charge in [-0.15, -0.1) is 0 Å². The van der Waals surface area contributed by atoms with Gasteiger partial charge in [0.1, 0.15) is 0 Å². The average molecular weight is 264 g/mol. The number of hydrogen-bond donors (Lipinski definition) is 1. The number of anilines is 1. The molecule has 0 bridgehead atoms. The molecule has 3 nitrogen and oxygen atoms in total. The van der Waals surface area contributed by atoms with E-state index < -0.39 is 0 Å². The summed E-state index contributed by atoms with van der Waals surface area (Å²) in [7, 11) is 0. The van der Waals surface area contributed by atoms with Crippen molar-refractivity contribution in [3.8, 4) is 0 Å². The van der Waals surface area contributed by atoms with Crippen LogP contribution in [-0.4, -0.2) is 9.97 Å². The van der Waals surface area contributed by atoms with Gasteiger partial charge in [0.15, 0.2) is 0 Å². The van der Waals surface area contributed by atoms with Crippen LogP contribution in [0.5, 0.6) is 0 Å². The molecular weight excluding hydrogens is 254 g/mol. The number of hydrogen-bond acceptors (Lipinski definition) is 3. The van der Waals surface area contributed by atoms with Crippen LogP contribution in [0, 0.1) is 0 Å². The molecule has 0 aliphatic carbocycles. The summed E-state index contributed by atoms with van der Waals surface area (Å²) < 4.78 is 1.06. The molecule has 0 spiro atoms. The first-order valence-electron chi connectivity index (χ1n) is 4.59. The second-order valence-electron chi connectivity index (χ2n) is 3.06. The fourth-order valence-corrected chi connectivity index (χ4v) is 1.61. The zero-order valence-corrected chi connectivity index (χ0v) is 9.61. The van der Waals surface area contributed by atoms with Gasteiger partial charge in [0.05, 0.1) is 18.4 Å². The van der Waals surface area contributed by atoms with Gasteiger partial charge in [-0.1, -0.05) is 22.0 Å². The Balaban J connectivity index is 1.99. The number of nitrogens with one attached hydrogen (secondary N) is 1. The first-order chi connectivity index (χ1) is 7.34. The van der Waals surface area contributed by atoms with Gasteiger partial charge < -0.3 is 5.32 Å². The van der Waals surface area contributed by atoms with Crippen LogP contribution in [-0.2, 0) is 6.54 Å². The van der Waals surface area contributed by atoms with Gasteiger partial charge in [-0.2, -0.15) is 0 Å². The molecule has 76 valence electrons. The Bertz CT molecular complexity index is 431. The molecule has 1 N–H and O–H groups in total. The molecule has 4 heteroatoms. The van der Waals surface area contributed by atoms with Crippen LogP contribution < -0.4 is 5.32 Å². The average Bonchev–Trinajstić information content (AvgIpc) is 2.28. The van der Waals surface area contributed by atoms with E-state index in [0.717, 1.165) is 15.9 Å². The lowest BCUT2D eigenvalue weighted by atomic mass is 10.3. The Morgan fingerprint density at radius 1 is 1.27 bits per heavy atom. The van der Waals surface area contributed by atoms with E-state index in [4.69, 9.17) is 0 Å². The summed E-state index contributed by atoms with van der Waals surface area (Å²) in [6.07, 6.45) is 5.12. The standard InChI is InChI=1S/C11H10BrN3/c12-9-2-1-3-10(6-9)15-8-11-7-13-4-5-14-11/h1-7,15H,8H2. The fourth-order valence-electron chi connectivity index (χ4n) is 1.21. The molecule has 0 saturated carbocycles. The molecule has 0 aliphatic heterocycles.